The molecule has 0 radical (unpaired) electrons. The Labute approximate surface area is 134 Å². The minimum atomic E-state index is -0.135. The van der Waals surface area contributed by atoms with Gasteiger partial charge in [-0.1, -0.05) is 19.1 Å². The van der Waals surface area contributed by atoms with Gasteiger partial charge in [0.15, 0.2) is 12.2 Å². The van der Waals surface area contributed by atoms with Crippen molar-refractivity contribution in [2.24, 2.45) is 11.8 Å². The third-order valence-electron chi connectivity index (χ3n) is 3.96. The van der Waals surface area contributed by atoms with E-state index in [1.165, 1.54) is 6.39 Å². The average molecular weight is 313 g/mol. The lowest BCUT2D eigenvalue weighted by molar-refractivity contribution is -0.122. The van der Waals surface area contributed by atoms with Crippen LogP contribution in [0.4, 0.5) is 5.69 Å². The maximum Gasteiger partial charge on any atom is 0.226 e. The molecule has 0 saturated heterocycles. The van der Waals surface area contributed by atoms with E-state index in [0.29, 0.717) is 23.9 Å². The summed E-state index contributed by atoms with van der Waals surface area (Å²) in [5.41, 5.74) is 1.53. The molecule has 6 heteroatoms. The lowest BCUT2D eigenvalue weighted by Crippen LogP contribution is -2.29. The van der Waals surface area contributed by atoms with E-state index in [1.807, 2.05) is 24.3 Å². The molecule has 23 heavy (non-hydrogen) atoms. The Balaban J connectivity index is 1.48. The minimum absolute atomic E-state index is 0.0533. The Morgan fingerprint density at radius 1 is 1.39 bits per heavy atom. The first kappa shape index (κ1) is 15.3. The van der Waals surface area contributed by atoms with E-state index in [1.54, 1.807) is 6.20 Å². The number of carbonyl (C=O) groups is 2. The highest BCUT2D eigenvalue weighted by atomic mass is 16.3. The molecule has 0 bridgehead atoms. The number of aromatic nitrogens is 1. The van der Waals surface area contributed by atoms with Crippen molar-refractivity contribution in [3.05, 3.63) is 36.9 Å². The molecule has 1 fully saturated rings. The summed E-state index contributed by atoms with van der Waals surface area (Å²) in [4.78, 5) is 27.5. The maximum atomic E-state index is 11.9. The Morgan fingerprint density at radius 3 is 2.91 bits per heavy atom. The van der Waals surface area contributed by atoms with Crippen molar-refractivity contribution in [1.82, 2.24) is 10.3 Å². The molecule has 1 heterocycles. The first-order valence-electron chi connectivity index (χ1n) is 7.70. The van der Waals surface area contributed by atoms with E-state index in [9.17, 15) is 9.59 Å². The monoisotopic (exact) mass is 313 g/mol. The number of nitrogens with one attached hydrogen (secondary N) is 2. The number of nitrogens with zero attached hydrogens (tertiary/aromatic N) is 1. The number of hydrogen-bond acceptors (Lipinski definition) is 4. The average Bonchev–Trinajstić information content (AvgIpc) is 3.03. The second kappa shape index (κ2) is 6.64. The predicted molar refractivity (Wildman–Crippen MR) is 85.5 cm³/mol. The van der Waals surface area contributed by atoms with E-state index < -0.39 is 0 Å². The molecule has 1 aromatic heterocycles. The molecular formula is C17H19N3O3. The van der Waals surface area contributed by atoms with Gasteiger partial charge in [0.1, 0.15) is 0 Å². The first-order valence-corrected chi connectivity index (χ1v) is 7.70. The summed E-state index contributed by atoms with van der Waals surface area (Å²) in [5.74, 6) is 1.17. The van der Waals surface area contributed by atoms with Crippen molar-refractivity contribution in [3.8, 4) is 11.3 Å². The topological polar surface area (TPSA) is 84.2 Å². The Hall–Kier alpha value is -2.63. The molecular weight excluding hydrogens is 294 g/mol. The minimum Gasteiger partial charge on any atom is -0.444 e. The predicted octanol–water partition coefficient (Wildman–Crippen LogP) is 2.44. The van der Waals surface area contributed by atoms with Crippen LogP contribution >= 0.6 is 0 Å². The third-order valence-corrected chi connectivity index (χ3v) is 3.96. The van der Waals surface area contributed by atoms with Crippen molar-refractivity contribution >= 4 is 17.5 Å². The van der Waals surface area contributed by atoms with Gasteiger partial charge in [0.2, 0.25) is 11.8 Å². The largest absolute Gasteiger partial charge is 0.444 e. The number of carbonyl (C=O) groups excluding carboxylic acids is 2. The second-order valence-electron chi connectivity index (χ2n) is 5.86. The molecule has 2 atom stereocenters. The summed E-state index contributed by atoms with van der Waals surface area (Å²) in [5, 5.41) is 5.62. The molecule has 2 N–H and O–H groups in total. The molecule has 2 aromatic rings. The zero-order valence-corrected chi connectivity index (χ0v) is 12.9. The second-order valence-corrected chi connectivity index (χ2v) is 5.86. The van der Waals surface area contributed by atoms with Crippen LogP contribution in [0, 0.1) is 11.8 Å². The zero-order valence-electron chi connectivity index (χ0n) is 12.9. The van der Waals surface area contributed by atoms with Gasteiger partial charge < -0.3 is 15.1 Å². The highest BCUT2D eigenvalue weighted by Crippen LogP contribution is 2.37. The summed E-state index contributed by atoms with van der Waals surface area (Å²) >= 11 is 0. The highest BCUT2D eigenvalue weighted by molar-refractivity contribution is 5.92. The third kappa shape index (κ3) is 3.97. The lowest BCUT2D eigenvalue weighted by atomic mass is 10.1. The van der Waals surface area contributed by atoms with Crippen LogP contribution in [-0.4, -0.2) is 23.3 Å². The van der Waals surface area contributed by atoms with Crippen molar-refractivity contribution in [3.63, 3.8) is 0 Å². The van der Waals surface area contributed by atoms with Gasteiger partial charge in [-0.2, -0.15) is 0 Å². The molecule has 3 rings (SSSR count). The SMILES string of the molecule is C[C@@H]1C[C@H]1C(=O)NCCC(=O)Nc1cccc(-c2cnco2)c1. The number of oxazole rings is 1. The van der Waals surface area contributed by atoms with Crippen molar-refractivity contribution in [2.45, 2.75) is 19.8 Å². The summed E-state index contributed by atoms with van der Waals surface area (Å²) in [6.45, 7) is 2.41. The van der Waals surface area contributed by atoms with E-state index >= 15 is 0 Å². The smallest absolute Gasteiger partial charge is 0.226 e. The molecule has 2 amide bonds. The molecule has 0 unspecified atom stereocenters. The molecule has 1 aromatic carbocycles. The molecule has 1 saturated carbocycles. The summed E-state index contributed by atoms with van der Waals surface area (Å²) in [6, 6.07) is 7.35. The molecule has 1 aliphatic rings. The summed E-state index contributed by atoms with van der Waals surface area (Å²) in [6.07, 6.45) is 4.19. The quantitative estimate of drug-likeness (QED) is 0.858. The van der Waals surface area contributed by atoms with Crippen LogP contribution in [0.25, 0.3) is 11.3 Å². The van der Waals surface area contributed by atoms with Crippen molar-refractivity contribution < 1.29 is 14.0 Å². The number of rotatable bonds is 6. The number of benzene rings is 1. The molecule has 0 aliphatic heterocycles. The fraction of sp³-hybridized carbons (Fsp3) is 0.353. The van der Waals surface area contributed by atoms with E-state index in [2.05, 4.69) is 22.5 Å². The van der Waals surface area contributed by atoms with E-state index in [0.717, 1.165) is 12.0 Å². The zero-order chi connectivity index (χ0) is 16.2. The van der Waals surface area contributed by atoms with Gasteiger partial charge in [-0.3, -0.25) is 9.59 Å². The van der Waals surface area contributed by atoms with Gasteiger partial charge in [-0.15, -0.1) is 0 Å². The Kier molecular flexibility index (Phi) is 4.41. The fourth-order valence-corrected chi connectivity index (χ4v) is 2.45. The molecule has 0 spiro atoms. The standard InChI is InChI=1S/C17H19N3O3/c1-11-7-14(11)17(22)19-6-5-16(21)20-13-4-2-3-12(8-13)15-9-18-10-23-15/h2-4,8-11,14H,5-7H2,1H3,(H,19,22)(H,20,21)/t11-,14-/m1/s1. The molecule has 120 valence electrons. The van der Waals surface area contributed by atoms with Gasteiger partial charge in [-0.25, -0.2) is 4.98 Å². The van der Waals surface area contributed by atoms with Crippen molar-refractivity contribution in [2.75, 3.05) is 11.9 Å². The Morgan fingerprint density at radius 2 is 2.22 bits per heavy atom. The van der Waals surface area contributed by atoms with E-state index in [4.69, 9.17) is 4.42 Å². The van der Waals surface area contributed by atoms with Crippen LogP contribution in [0.3, 0.4) is 0 Å². The number of amides is 2. The normalized spacial score (nSPS) is 19.2. The van der Waals surface area contributed by atoms with Gasteiger partial charge in [0, 0.05) is 30.1 Å². The van der Waals surface area contributed by atoms with Crippen LogP contribution in [0.1, 0.15) is 19.8 Å². The fourth-order valence-electron chi connectivity index (χ4n) is 2.45. The van der Waals surface area contributed by atoms with Crippen molar-refractivity contribution in [1.29, 1.82) is 0 Å². The van der Waals surface area contributed by atoms with Crippen LogP contribution in [0.15, 0.2) is 41.3 Å². The van der Waals surface area contributed by atoms with Crippen LogP contribution in [0.2, 0.25) is 0 Å². The molecule has 1 aliphatic carbocycles. The highest BCUT2D eigenvalue weighted by Gasteiger charge is 2.38. The van der Waals surface area contributed by atoms with Crippen LogP contribution < -0.4 is 10.6 Å². The van der Waals surface area contributed by atoms with Gasteiger partial charge in [0.25, 0.3) is 0 Å². The van der Waals surface area contributed by atoms with Gasteiger partial charge in [-0.05, 0) is 24.5 Å². The van der Waals surface area contributed by atoms with Crippen LogP contribution in [-0.2, 0) is 9.59 Å². The lowest BCUT2D eigenvalue weighted by Gasteiger charge is -2.07. The van der Waals surface area contributed by atoms with Gasteiger partial charge >= 0.3 is 0 Å². The Bertz CT molecular complexity index is 697. The number of anilines is 1. The summed E-state index contributed by atoms with van der Waals surface area (Å²) < 4.78 is 5.24. The summed E-state index contributed by atoms with van der Waals surface area (Å²) in [7, 11) is 0. The number of hydrogen-bond donors (Lipinski definition) is 2. The maximum absolute atomic E-state index is 11.9. The first-order chi connectivity index (χ1) is 11.1. The van der Waals surface area contributed by atoms with Gasteiger partial charge in [0.05, 0.1) is 6.20 Å². The van der Waals surface area contributed by atoms with Crippen LogP contribution in [0.5, 0.6) is 0 Å². The molecule has 6 nitrogen and oxygen atoms in total. The van der Waals surface area contributed by atoms with E-state index in [-0.39, 0.29) is 24.2 Å².